The van der Waals surface area contributed by atoms with Gasteiger partial charge in [0.05, 0.1) is 18.8 Å². The highest BCUT2D eigenvalue weighted by Gasteiger charge is 2.55. The van der Waals surface area contributed by atoms with Crippen LogP contribution < -0.4 is 0 Å². The predicted molar refractivity (Wildman–Crippen MR) is 111 cm³/mol. The van der Waals surface area contributed by atoms with Crippen molar-refractivity contribution in [3.63, 3.8) is 0 Å². The summed E-state index contributed by atoms with van der Waals surface area (Å²) < 4.78 is 18.1. The van der Waals surface area contributed by atoms with E-state index in [4.69, 9.17) is 13.9 Å². The fraction of sp³-hybridized carbons (Fsp3) is 0.857. The Balaban J connectivity index is 2.20. The molecule has 1 amide bonds. The zero-order chi connectivity index (χ0) is 20.9. The maximum atomic E-state index is 13.0. The molecule has 0 saturated carbocycles. The lowest BCUT2D eigenvalue weighted by molar-refractivity contribution is -0.0661. The van der Waals surface area contributed by atoms with E-state index in [0.29, 0.717) is 13.2 Å². The van der Waals surface area contributed by atoms with E-state index in [-0.39, 0.29) is 11.1 Å². The van der Waals surface area contributed by atoms with Gasteiger partial charge in [0, 0.05) is 0 Å². The second kappa shape index (κ2) is 6.89. The lowest BCUT2D eigenvalue weighted by atomic mass is 9.98. The molecule has 1 heterocycles. The van der Waals surface area contributed by atoms with Crippen LogP contribution in [0.5, 0.6) is 0 Å². The molecule has 0 aromatic carbocycles. The summed E-state index contributed by atoms with van der Waals surface area (Å²) >= 11 is 0. The van der Waals surface area contributed by atoms with Crippen LogP contribution in [-0.2, 0) is 13.9 Å². The van der Waals surface area contributed by atoms with Crippen molar-refractivity contribution in [3.05, 3.63) is 11.6 Å². The van der Waals surface area contributed by atoms with E-state index in [1.807, 2.05) is 34.6 Å². The Morgan fingerprint density at radius 1 is 1.22 bits per heavy atom. The van der Waals surface area contributed by atoms with Crippen LogP contribution >= 0.6 is 0 Å². The van der Waals surface area contributed by atoms with Gasteiger partial charge in [0.1, 0.15) is 11.3 Å². The summed E-state index contributed by atoms with van der Waals surface area (Å²) in [6.07, 6.45) is 3.67. The van der Waals surface area contributed by atoms with Crippen molar-refractivity contribution in [1.29, 1.82) is 0 Å². The van der Waals surface area contributed by atoms with Crippen molar-refractivity contribution >= 4 is 14.4 Å². The molecule has 1 aliphatic carbocycles. The Kier molecular flexibility index (Phi) is 5.72. The number of rotatable bonds is 3. The summed E-state index contributed by atoms with van der Waals surface area (Å²) in [7, 11) is -1.80. The molecule has 156 valence electrons. The lowest BCUT2D eigenvalue weighted by Crippen LogP contribution is -2.55. The molecule has 2 rings (SSSR count). The molecule has 1 atom stereocenters. The topological polar surface area (TPSA) is 48.0 Å². The van der Waals surface area contributed by atoms with Crippen LogP contribution in [0.4, 0.5) is 4.79 Å². The Morgan fingerprint density at radius 2 is 1.81 bits per heavy atom. The van der Waals surface area contributed by atoms with Crippen LogP contribution in [0.25, 0.3) is 0 Å². The zero-order valence-electron chi connectivity index (χ0n) is 19.0. The highest BCUT2D eigenvalue weighted by Crippen LogP contribution is 2.45. The van der Waals surface area contributed by atoms with Crippen LogP contribution in [-0.4, -0.2) is 49.4 Å². The third-order valence-corrected chi connectivity index (χ3v) is 10.5. The number of nitrogens with zero attached hydrogens (tertiary/aromatic N) is 1. The lowest BCUT2D eigenvalue weighted by Gasteiger charge is -2.39. The number of amides is 1. The molecule has 2 aliphatic rings. The van der Waals surface area contributed by atoms with Gasteiger partial charge in [0.2, 0.25) is 0 Å². The number of hydrogen-bond acceptors (Lipinski definition) is 4. The fourth-order valence-electron chi connectivity index (χ4n) is 3.47. The number of hydrogen-bond donors (Lipinski definition) is 0. The molecule has 1 spiro atoms. The monoisotopic (exact) mass is 397 g/mol. The van der Waals surface area contributed by atoms with E-state index >= 15 is 0 Å². The molecule has 1 saturated heterocycles. The SMILES string of the molecule is CC(C)(C)OC(=O)N1C(C)(C)OC[C@]12C=C(CO[Si](C)(C)C(C)(C)C)CC2. The van der Waals surface area contributed by atoms with Crippen LogP contribution in [0.3, 0.4) is 0 Å². The van der Waals surface area contributed by atoms with Gasteiger partial charge in [-0.2, -0.15) is 0 Å². The molecule has 0 aromatic rings. The van der Waals surface area contributed by atoms with Crippen LogP contribution in [0.1, 0.15) is 68.2 Å². The average molecular weight is 398 g/mol. The first-order valence-electron chi connectivity index (χ1n) is 10.0. The van der Waals surface area contributed by atoms with Gasteiger partial charge in [0.15, 0.2) is 8.32 Å². The van der Waals surface area contributed by atoms with Crippen LogP contribution in [0.2, 0.25) is 18.1 Å². The van der Waals surface area contributed by atoms with Crippen molar-refractivity contribution in [1.82, 2.24) is 4.90 Å². The van der Waals surface area contributed by atoms with E-state index in [1.54, 1.807) is 4.90 Å². The summed E-state index contributed by atoms with van der Waals surface area (Å²) in [5.74, 6) is 0. The minimum atomic E-state index is -1.80. The van der Waals surface area contributed by atoms with Crippen molar-refractivity contribution in [2.24, 2.45) is 0 Å². The molecule has 5 nitrogen and oxygen atoms in total. The molecule has 1 aliphatic heterocycles. The maximum Gasteiger partial charge on any atom is 0.413 e. The first kappa shape index (κ1) is 22.4. The van der Waals surface area contributed by atoms with Crippen molar-refractivity contribution in [3.8, 4) is 0 Å². The number of carbonyl (C=O) groups excluding carboxylic acids is 1. The van der Waals surface area contributed by atoms with Gasteiger partial charge < -0.3 is 13.9 Å². The third kappa shape index (κ3) is 4.77. The zero-order valence-corrected chi connectivity index (χ0v) is 20.0. The molecular formula is C21H39NO4Si. The molecule has 0 unspecified atom stereocenters. The van der Waals surface area contributed by atoms with Crippen molar-refractivity contribution in [2.45, 2.75) is 103 Å². The summed E-state index contributed by atoms with van der Waals surface area (Å²) in [5, 5.41) is 0.185. The van der Waals surface area contributed by atoms with E-state index in [1.165, 1.54) is 5.57 Å². The Morgan fingerprint density at radius 3 is 2.33 bits per heavy atom. The van der Waals surface area contributed by atoms with E-state index in [9.17, 15) is 4.79 Å². The fourth-order valence-corrected chi connectivity index (χ4v) is 4.45. The van der Waals surface area contributed by atoms with Crippen LogP contribution in [0.15, 0.2) is 11.6 Å². The summed E-state index contributed by atoms with van der Waals surface area (Å²) in [5.41, 5.74) is -0.394. The maximum absolute atomic E-state index is 13.0. The van der Waals surface area contributed by atoms with E-state index in [2.05, 4.69) is 39.9 Å². The Hall–Kier alpha value is -0.853. The Bertz CT molecular complexity index is 613. The Labute approximate surface area is 166 Å². The molecule has 0 N–H and O–H groups in total. The predicted octanol–water partition coefficient (Wildman–Crippen LogP) is 5.47. The minimum absolute atomic E-state index is 0.185. The molecule has 6 heteroatoms. The third-order valence-electron chi connectivity index (χ3n) is 6.01. The molecular weight excluding hydrogens is 358 g/mol. The summed E-state index contributed by atoms with van der Waals surface area (Å²) in [6.45, 7) is 22.0. The summed E-state index contributed by atoms with van der Waals surface area (Å²) in [4.78, 5) is 14.8. The number of ether oxygens (including phenoxy) is 2. The van der Waals surface area contributed by atoms with Gasteiger partial charge in [0.25, 0.3) is 0 Å². The molecule has 27 heavy (non-hydrogen) atoms. The first-order chi connectivity index (χ1) is 12.0. The van der Waals surface area contributed by atoms with Gasteiger partial charge in [-0.25, -0.2) is 4.79 Å². The highest BCUT2D eigenvalue weighted by atomic mass is 28.4. The second-order valence-corrected chi connectivity index (χ2v) is 15.8. The molecule has 0 radical (unpaired) electrons. The smallest absolute Gasteiger partial charge is 0.413 e. The van der Waals surface area contributed by atoms with Gasteiger partial charge in [-0.1, -0.05) is 26.8 Å². The van der Waals surface area contributed by atoms with E-state index < -0.39 is 25.2 Å². The van der Waals surface area contributed by atoms with Crippen LogP contribution in [0, 0.1) is 0 Å². The average Bonchev–Trinajstić information content (AvgIpc) is 2.95. The summed E-state index contributed by atoms with van der Waals surface area (Å²) in [6, 6.07) is 0. The largest absolute Gasteiger partial charge is 0.444 e. The van der Waals surface area contributed by atoms with Crippen molar-refractivity contribution < 1.29 is 18.7 Å². The van der Waals surface area contributed by atoms with Gasteiger partial charge >= 0.3 is 6.09 Å². The number of carbonyl (C=O) groups is 1. The second-order valence-electron chi connectivity index (χ2n) is 11.0. The molecule has 0 aromatic heterocycles. The normalized spacial score (nSPS) is 25.9. The quantitative estimate of drug-likeness (QED) is 0.468. The standard InChI is InChI=1S/C21H39NO4Si/c1-18(2,3)26-17(23)22-20(7,8)24-15-21(22)12-11-16(13-21)14-25-27(9,10)19(4,5)6/h13H,11-12,14-15H2,1-10H3/t21-/m0/s1. The molecule has 1 fully saturated rings. The highest BCUT2D eigenvalue weighted by molar-refractivity contribution is 6.74. The van der Waals surface area contributed by atoms with Gasteiger partial charge in [-0.3, -0.25) is 4.90 Å². The van der Waals surface area contributed by atoms with E-state index in [0.717, 1.165) is 12.8 Å². The van der Waals surface area contributed by atoms with Crippen molar-refractivity contribution in [2.75, 3.05) is 13.2 Å². The van der Waals surface area contributed by atoms with Gasteiger partial charge in [-0.05, 0) is 71.2 Å². The minimum Gasteiger partial charge on any atom is -0.444 e. The first-order valence-corrected chi connectivity index (χ1v) is 12.9. The molecule has 0 bridgehead atoms. The van der Waals surface area contributed by atoms with Gasteiger partial charge in [-0.15, -0.1) is 0 Å².